The Hall–Kier alpha value is -2.48. The van der Waals surface area contributed by atoms with E-state index in [-0.39, 0.29) is 41.3 Å². The number of ketones is 2. The van der Waals surface area contributed by atoms with Gasteiger partial charge in [0.1, 0.15) is 0 Å². The fraction of sp³-hybridized carbons (Fsp3) is 0.667. The summed E-state index contributed by atoms with van der Waals surface area (Å²) in [4.78, 5) is 21.8. The largest absolute Gasteiger partial charge is 0.295 e. The minimum absolute atomic E-state index is 0. The van der Waals surface area contributed by atoms with E-state index in [4.69, 9.17) is 0 Å². The van der Waals surface area contributed by atoms with Crippen LogP contribution in [0.5, 0.6) is 0 Å². The molecule has 0 saturated carbocycles. The molecule has 0 amide bonds. The second kappa shape index (κ2) is 39.3. The number of allylic oxidation sites excluding steroid dienone is 14. The predicted molar refractivity (Wildman–Crippen MR) is 234 cm³/mol. The molecule has 0 saturated heterocycles. The van der Waals surface area contributed by atoms with Gasteiger partial charge in [-0.05, 0) is 170 Å². The van der Waals surface area contributed by atoms with Crippen molar-refractivity contribution in [3.63, 3.8) is 0 Å². The molecule has 0 N–H and O–H groups in total. The molecule has 2 unspecified atom stereocenters. The van der Waals surface area contributed by atoms with Crippen LogP contribution in [0.4, 0.5) is 0 Å². The number of hydrogen-bond acceptors (Lipinski definition) is 2. The van der Waals surface area contributed by atoms with Crippen molar-refractivity contribution in [1.29, 1.82) is 0 Å². The van der Waals surface area contributed by atoms with Crippen LogP contribution in [0.2, 0.25) is 0 Å². The Morgan fingerprint density at radius 2 is 0.860 bits per heavy atom. The van der Waals surface area contributed by atoms with Crippen molar-refractivity contribution in [2.45, 2.75) is 203 Å². The topological polar surface area (TPSA) is 34.1 Å². The maximum atomic E-state index is 11.0. The molecule has 2 atom stereocenters. The van der Waals surface area contributed by atoms with Crippen LogP contribution in [0.3, 0.4) is 0 Å². The number of rotatable bonds is 23. The second-order valence-corrected chi connectivity index (χ2v) is 14.5. The molecule has 0 rings (SSSR count). The average molecular weight is 699 g/mol. The Balaban J connectivity index is -0.000000180. The van der Waals surface area contributed by atoms with Gasteiger partial charge in [0.25, 0.3) is 0 Å². The molecule has 0 aromatic rings. The van der Waals surface area contributed by atoms with E-state index in [0.29, 0.717) is 0 Å². The monoisotopic (exact) mass is 699 g/mol. The third-order valence-corrected chi connectivity index (χ3v) is 8.18. The van der Waals surface area contributed by atoms with Crippen molar-refractivity contribution >= 4 is 11.6 Å². The van der Waals surface area contributed by atoms with Gasteiger partial charge < -0.3 is 0 Å². The zero-order valence-electron chi connectivity index (χ0n) is 32.5. The molecule has 0 aliphatic rings. The summed E-state index contributed by atoms with van der Waals surface area (Å²) in [6.07, 6.45) is 33.6. The first-order valence-corrected chi connectivity index (χ1v) is 18.2. The van der Waals surface area contributed by atoms with E-state index in [1.807, 2.05) is 19.1 Å². The molecular formula is C48H90O2. The van der Waals surface area contributed by atoms with Crippen molar-refractivity contribution in [1.82, 2.24) is 0 Å². The van der Waals surface area contributed by atoms with Crippen molar-refractivity contribution in [3.05, 3.63) is 82.0 Å². The van der Waals surface area contributed by atoms with Gasteiger partial charge >= 0.3 is 0 Å². The third-order valence-electron chi connectivity index (χ3n) is 8.18. The first-order chi connectivity index (χ1) is 21.6. The molecular weight excluding hydrogens is 609 g/mol. The quantitative estimate of drug-likeness (QED) is 0.0605. The minimum atomic E-state index is 0. The number of carbonyl (C=O) groups excluding carboxylic acids is 2. The Morgan fingerprint density at radius 1 is 0.460 bits per heavy atom. The summed E-state index contributed by atoms with van der Waals surface area (Å²) in [6, 6.07) is 0. The Morgan fingerprint density at radius 3 is 1.22 bits per heavy atom. The van der Waals surface area contributed by atoms with Crippen LogP contribution in [0, 0.1) is 11.8 Å². The molecule has 0 aromatic heterocycles. The van der Waals surface area contributed by atoms with Crippen molar-refractivity contribution in [2.75, 3.05) is 0 Å². The second-order valence-electron chi connectivity index (χ2n) is 14.5. The first kappa shape index (κ1) is 59.7. The lowest BCUT2D eigenvalue weighted by atomic mass is 9.96. The van der Waals surface area contributed by atoms with E-state index in [1.165, 1.54) is 97.6 Å². The fourth-order valence-corrected chi connectivity index (χ4v) is 5.21. The Bertz CT molecular complexity index is 1050. The van der Waals surface area contributed by atoms with Crippen LogP contribution in [-0.4, -0.2) is 11.6 Å². The van der Waals surface area contributed by atoms with Crippen LogP contribution in [0.25, 0.3) is 0 Å². The lowest BCUT2D eigenvalue weighted by Gasteiger charge is -2.10. The summed E-state index contributed by atoms with van der Waals surface area (Å²) >= 11 is 0. The summed E-state index contributed by atoms with van der Waals surface area (Å²) in [5.74, 6) is 1.90. The minimum Gasteiger partial charge on any atom is -0.295 e. The van der Waals surface area contributed by atoms with E-state index in [2.05, 4.69) is 86.6 Å². The van der Waals surface area contributed by atoms with Gasteiger partial charge in [-0.25, -0.2) is 0 Å². The zero-order chi connectivity index (χ0) is 35.3. The summed E-state index contributed by atoms with van der Waals surface area (Å²) < 4.78 is 0. The number of carbonyl (C=O) groups is 2. The van der Waals surface area contributed by atoms with Crippen molar-refractivity contribution < 1.29 is 9.59 Å². The third kappa shape index (κ3) is 47.6. The maximum Gasteiger partial charge on any atom is 0.152 e. The average Bonchev–Trinajstić information content (AvgIpc) is 2.92. The van der Waals surface area contributed by atoms with Gasteiger partial charge in [0, 0.05) is 0 Å². The molecule has 0 spiro atoms. The molecule has 0 aromatic carbocycles. The molecule has 0 aliphatic heterocycles. The standard InChI is InChI=1S/C23H38O.C21H36O.4CH4/c1-19(2)11-7-12-20(3)13-8-14-21(4)15-9-16-22(5)17-10-18-23(6)24;1-17(2)10-7-11-18(3)12-8-13-19(4)14-9-15-20(5)16-21(6)22;;;;/h10-11,15,17-18,20H,7-9,12-14,16H2,1-6H3;10,14,16,18H,7-9,11-13,15H2,1-6H3;4*1H4. The molecule has 2 heteroatoms. The van der Waals surface area contributed by atoms with Gasteiger partial charge in [-0.2, -0.15) is 0 Å². The van der Waals surface area contributed by atoms with Crippen molar-refractivity contribution in [3.8, 4) is 0 Å². The van der Waals surface area contributed by atoms with Crippen molar-refractivity contribution in [2.24, 2.45) is 11.8 Å². The van der Waals surface area contributed by atoms with Crippen LogP contribution in [0.1, 0.15) is 203 Å². The molecule has 50 heavy (non-hydrogen) atoms. The van der Waals surface area contributed by atoms with Crippen LogP contribution < -0.4 is 0 Å². The fourth-order valence-electron chi connectivity index (χ4n) is 5.21. The SMILES string of the molecule is C.C.C.C.CC(=O)C=C(C)CCC=C(C)CCCC(C)CCC=C(C)C.CC(=O)C=CC=C(C)CCC=C(C)CCCC(C)CCC=C(C)C. The smallest absolute Gasteiger partial charge is 0.152 e. The molecule has 0 heterocycles. The highest BCUT2D eigenvalue weighted by atomic mass is 16.1. The molecule has 2 nitrogen and oxygen atoms in total. The summed E-state index contributed by atoms with van der Waals surface area (Å²) in [7, 11) is 0. The first-order valence-electron chi connectivity index (χ1n) is 18.2. The van der Waals surface area contributed by atoms with Gasteiger partial charge in [0.2, 0.25) is 0 Å². The highest BCUT2D eigenvalue weighted by molar-refractivity contribution is 5.88. The van der Waals surface area contributed by atoms with Gasteiger partial charge in [-0.15, -0.1) is 0 Å². The predicted octanol–water partition coefficient (Wildman–Crippen LogP) is 16.7. The highest BCUT2D eigenvalue weighted by Crippen LogP contribution is 2.19. The van der Waals surface area contributed by atoms with Gasteiger partial charge in [0.15, 0.2) is 11.6 Å². The molecule has 0 aliphatic carbocycles. The zero-order valence-corrected chi connectivity index (χ0v) is 32.5. The molecule has 0 bridgehead atoms. The van der Waals surface area contributed by atoms with Gasteiger partial charge in [-0.3, -0.25) is 9.59 Å². The van der Waals surface area contributed by atoms with Crippen LogP contribution in [-0.2, 0) is 9.59 Å². The maximum absolute atomic E-state index is 11.0. The van der Waals surface area contributed by atoms with E-state index >= 15 is 0 Å². The molecule has 0 radical (unpaired) electrons. The Kier molecular flexibility index (Phi) is 46.9. The van der Waals surface area contributed by atoms with E-state index in [9.17, 15) is 9.59 Å². The summed E-state index contributed by atoms with van der Waals surface area (Å²) in [5.41, 5.74) is 8.38. The van der Waals surface area contributed by atoms with E-state index in [1.54, 1.807) is 26.0 Å². The van der Waals surface area contributed by atoms with Crippen LogP contribution in [0.15, 0.2) is 82.0 Å². The van der Waals surface area contributed by atoms with Gasteiger partial charge in [0.05, 0.1) is 0 Å². The highest BCUT2D eigenvalue weighted by Gasteiger charge is 2.03. The van der Waals surface area contributed by atoms with Crippen LogP contribution >= 0.6 is 0 Å². The lowest BCUT2D eigenvalue weighted by molar-refractivity contribution is -0.113. The number of hydrogen-bond donors (Lipinski definition) is 0. The Labute approximate surface area is 316 Å². The van der Waals surface area contributed by atoms with E-state index in [0.717, 1.165) is 37.5 Å². The molecule has 0 fully saturated rings. The van der Waals surface area contributed by atoms with E-state index < -0.39 is 0 Å². The summed E-state index contributed by atoms with van der Waals surface area (Å²) in [5, 5.41) is 0. The van der Waals surface area contributed by atoms with Gasteiger partial charge in [-0.1, -0.05) is 126 Å². The lowest BCUT2D eigenvalue weighted by Crippen LogP contribution is -1.94. The normalized spacial score (nSPS) is 12.9. The summed E-state index contributed by atoms with van der Waals surface area (Å²) in [6.45, 7) is 25.3. The molecule has 294 valence electrons.